The molecule has 0 spiro atoms. The number of hydrogen-bond acceptors (Lipinski definition) is 6. The molecule has 2 heterocycles. The van der Waals surface area contributed by atoms with E-state index in [0.29, 0.717) is 22.9 Å². The lowest BCUT2D eigenvalue weighted by atomic mass is 9.65. The molecule has 30 heavy (non-hydrogen) atoms. The zero-order chi connectivity index (χ0) is 21.1. The third-order valence-electron chi connectivity index (χ3n) is 5.88. The van der Waals surface area contributed by atoms with Gasteiger partial charge in [-0.15, -0.1) is 0 Å². The van der Waals surface area contributed by atoms with Crippen LogP contribution in [0.25, 0.3) is 11.1 Å². The lowest BCUT2D eigenvalue weighted by Crippen LogP contribution is -2.50. The number of halogens is 1. The number of nitrogens with one attached hydrogen (secondary N) is 2. The number of amides is 1. The van der Waals surface area contributed by atoms with Crippen molar-refractivity contribution in [2.45, 2.75) is 55.4 Å². The fraction of sp³-hybridized carbons (Fsp3) is 0.429. The molecule has 2 N–H and O–H groups in total. The summed E-state index contributed by atoms with van der Waals surface area (Å²) in [6.07, 6.45) is 3.82. The summed E-state index contributed by atoms with van der Waals surface area (Å²) in [6.45, 7) is 2.15. The van der Waals surface area contributed by atoms with E-state index >= 15 is 0 Å². The van der Waals surface area contributed by atoms with Gasteiger partial charge in [0.15, 0.2) is 22.3 Å². The number of oxazole rings is 1. The van der Waals surface area contributed by atoms with Gasteiger partial charge in [-0.1, -0.05) is 18.5 Å². The Bertz CT molecular complexity index is 1240. The maximum atomic E-state index is 12.5. The highest BCUT2D eigenvalue weighted by atomic mass is 35.5. The molecule has 158 valence electrons. The van der Waals surface area contributed by atoms with Gasteiger partial charge in [0, 0.05) is 17.5 Å². The van der Waals surface area contributed by atoms with Crippen LogP contribution in [0.4, 0.5) is 0 Å². The van der Waals surface area contributed by atoms with Gasteiger partial charge in [0.2, 0.25) is 0 Å². The maximum absolute atomic E-state index is 12.5. The second kappa shape index (κ2) is 6.85. The molecule has 1 amide bonds. The number of fused-ring (bicyclic) bond motifs is 1. The van der Waals surface area contributed by atoms with Crippen LogP contribution >= 0.6 is 11.6 Å². The first kappa shape index (κ1) is 19.6. The second-order valence-electron chi connectivity index (χ2n) is 8.70. The van der Waals surface area contributed by atoms with Crippen molar-refractivity contribution >= 4 is 38.3 Å². The van der Waals surface area contributed by atoms with Gasteiger partial charge in [0.05, 0.1) is 5.25 Å². The summed E-state index contributed by atoms with van der Waals surface area (Å²) in [6, 6.07) is 8.40. The van der Waals surface area contributed by atoms with E-state index in [2.05, 4.69) is 17.2 Å². The molecule has 0 bridgehead atoms. The Morgan fingerprint density at radius 3 is 2.80 bits per heavy atom. The maximum Gasteiger partial charge on any atom is 0.287 e. The Hall–Kier alpha value is -2.32. The lowest BCUT2D eigenvalue weighted by molar-refractivity contribution is 0.0698. The molecule has 1 atom stereocenters. The molecular weight excluding hydrogens is 426 g/mol. The molecule has 2 aliphatic rings. The number of carbonyl (C=O) groups is 1. The van der Waals surface area contributed by atoms with E-state index in [-0.39, 0.29) is 33.5 Å². The van der Waals surface area contributed by atoms with Crippen LogP contribution in [0.2, 0.25) is 5.02 Å². The first-order valence-corrected chi connectivity index (χ1v) is 12.0. The molecule has 1 unspecified atom stereocenters. The number of carbonyl (C=O) groups excluding carboxylic acids is 1. The minimum atomic E-state index is -2.94. The summed E-state index contributed by atoms with van der Waals surface area (Å²) < 4.78 is 31.7. The molecule has 2 saturated carbocycles. The van der Waals surface area contributed by atoms with Crippen molar-refractivity contribution in [2.75, 3.05) is 0 Å². The molecule has 2 fully saturated rings. The van der Waals surface area contributed by atoms with Crippen molar-refractivity contribution in [1.29, 1.82) is 4.78 Å². The van der Waals surface area contributed by atoms with Gasteiger partial charge in [-0.3, -0.25) is 4.79 Å². The molecule has 0 radical (unpaired) electrons. The van der Waals surface area contributed by atoms with Crippen molar-refractivity contribution in [1.82, 2.24) is 10.3 Å². The average molecular weight is 448 g/mol. The number of hydrogen-bond donors (Lipinski definition) is 2. The van der Waals surface area contributed by atoms with E-state index in [0.717, 1.165) is 31.2 Å². The van der Waals surface area contributed by atoms with Gasteiger partial charge in [-0.25, -0.2) is 14.0 Å². The van der Waals surface area contributed by atoms with Crippen LogP contribution in [0.5, 0.6) is 0 Å². The first-order chi connectivity index (χ1) is 14.2. The quantitative estimate of drug-likeness (QED) is 0.564. The van der Waals surface area contributed by atoms with E-state index in [1.54, 1.807) is 12.1 Å². The fourth-order valence-electron chi connectivity index (χ4n) is 4.19. The monoisotopic (exact) mass is 447 g/mol. The van der Waals surface area contributed by atoms with E-state index < -0.39 is 9.73 Å². The second-order valence-corrected chi connectivity index (χ2v) is 11.4. The zero-order valence-corrected chi connectivity index (χ0v) is 18.0. The highest BCUT2D eigenvalue weighted by molar-refractivity contribution is 7.93. The molecule has 0 aliphatic heterocycles. The molecule has 7 nitrogen and oxygen atoms in total. The van der Waals surface area contributed by atoms with Crippen LogP contribution in [0, 0.1) is 10.2 Å². The smallest absolute Gasteiger partial charge is 0.287 e. The van der Waals surface area contributed by atoms with Crippen molar-refractivity contribution in [3.63, 3.8) is 0 Å². The molecule has 2 aliphatic carbocycles. The summed E-state index contributed by atoms with van der Waals surface area (Å²) in [5, 5.41) is 3.54. The minimum absolute atomic E-state index is 0.0155. The van der Waals surface area contributed by atoms with Crippen LogP contribution in [0.15, 0.2) is 44.3 Å². The normalized spacial score (nSPS) is 25.6. The first-order valence-electron chi connectivity index (χ1n) is 9.95. The third-order valence-corrected chi connectivity index (χ3v) is 8.35. The largest absolute Gasteiger partial charge is 0.441 e. The van der Waals surface area contributed by atoms with Crippen LogP contribution in [-0.4, -0.2) is 26.4 Å². The predicted molar refractivity (Wildman–Crippen MR) is 112 cm³/mol. The number of furan rings is 1. The van der Waals surface area contributed by atoms with E-state index in [9.17, 15) is 9.00 Å². The van der Waals surface area contributed by atoms with Gasteiger partial charge in [0.1, 0.15) is 15.2 Å². The third kappa shape index (κ3) is 3.63. The number of nitrogens with zero attached hydrogens (tertiary/aromatic N) is 1. The van der Waals surface area contributed by atoms with Crippen LogP contribution in [0.3, 0.4) is 0 Å². The number of benzene rings is 1. The van der Waals surface area contributed by atoms with E-state index in [1.165, 1.54) is 12.1 Å². The molecule has 5 rings (SSSR count). The van der Waals surface area contributed by atoms with Gasteiger partial charge >= 0.3 is 0 Å². The molecule has 9 heteroatoms. The molecule has 3 aromatic rings. The standard InChI is InChI=1S/C21H22ClN3O4S/c1-21(11-18-25-15-8-12(22)2-5-16(15)28-18)9-13(10-21)24-20(26)17-6-7-19(29-17)30(23,27)14-3-4-14/h2,5-8,13-14,23H,3-4,9-11H2,1H3,(H,24,26)/t13-,21+,30?. The molecule has 1 aromatic carbocycles. The Balaban J connectivity index is 1.19. The Morgan fingerprint density at radius 2 is 2.07 bits per heavy atom. The molecule has 0 saturated heterocycles. The van der Waals surface area contributed by atoms with Crippen LogP contribution in [-0.2, 0) is 16.1 Å². The average Bonchev–Trinajstić information content (AvgIpc) is 3.27. The highest BCUT2D eigenvalue weighted by Crippen LogP contribution is 2.44. The lowest BCUT2D eigenvalue weighted by Gasteiger charge is -2.44. The van der Waals surface area contributed by atoms with Gasteiger partial charge < -0.3 is 14.2 Å². The number of aromatic nitrogens is 1. The zero-order valence-electron chi connectivity index (χ0n) is 16.4. The summed E-state index contributed by atoms with van der Waals surface area (Å²) in [4.78, 5) is 17.0. The molecular formula is C21H22ClN3O4S. The summed E-state index contributed by atoms with van der Waals surface area (Å²) in [7, 11) is -2.94. The van der Waals surface area contributed by atoms with Crippen molar-refractivity contribution in [3.8, 4) is 0 Å². The number of rotatable bonds is 6. The minimum Gasteiger partial charge on any atom is -0.441 e. The Morgan fingerprint density at radius 1 is 1.30 bits per heavy atom. The Labute approximate surface area is 179 Å². The highest BCUT2D eigenvalue weighted by Gasteiger charge is 2.42. The van der Waals surface area contributed by atoms with Crippen molar-refractivity contribution < 1.29 is 17.8 Å². The summed E-state index contributed by atoms with van der Waals surface area (Å²) >= 11 is 6.01. The van der Waals surface area contributed by atoms with Crippen LogP contribution in [0.1, 0.15) is 49.1 Å². The van der Waals surface area contributed by atoms with Crippen molar-refractivity contribution in [3.05, 3.63) is 47.0 Å². The Kier molecular flexibility index (Phi) is 4.48. The summed E-state index contributed by atoms with van der Waals surface area (Å²) in [5.74, 6) is 0.436. The topological polar surface area (TPSA) is 109 Å². The van der Waals surface area contributed by atoms with Gasteiger partial charge in [-0.05, 0) is 61.4 Å². The van der Waals surface area contributed by atoms with Crippen LogP contribution < -0.4 is 5.32 Å². The summed E-state index contributed by atoms with van der Waals surface area (Å²) in [5.41, 5.74) is 1.45. The van der Waals surface area contributed by atoms with Gasteiger partial charge in [-0.2, -0.15) is 0 Å². The van der Waals surface area contributed by atoms with Gasteiger partial charge in [0.25, 0.3) is 5.91 Å². The SMILES string of the molecule is C[C@]1(Cc2nc3cc(Cl)ccc3o2)C[C@@H](NC(=O)c2ccc(S(=N)(=O)C3CC3)o2)C1. The predicted octanol–water partition coefficient (Wildman–Crippen LogP) is 4.78. The molecule has 2 aromatic heterocycles. The fourth-order valence-corrected chi connectivity index (χ4v) is 5.97. The van der Waals surface area contributed by atoms with E-state index in [4.69, 9.17) is 25.2 Å². The van der Waals surface area contributed by atoms with Crippen molar-refractivity contribution in [2.24, 2.45) is 5.41 Å². The van der Waals surface area contributed by atoms with E-state index in [1.807, 2.05) is 6.07 Å².